The van der Waals surface area contributed by atoms with Gasteiger partial charge in [-0.15, -0.1) is 0 Å². The number of fused-ring (bicyclic) bond motifs is 1. The zero-order chi connectivity index (χ0) is 22.8. The Morgan fingerprint density at radius 1 is 1.03 bits per heavy atom. The Kier molecular flexibility index (Phi) is 6.39. The topological polar surface area (TPSA) is 50.2 Å². The molecule has 0 spiro atoms. The lowest BCUT2D eigenvalue weighted by atomic mass is 9.85. The molecule has 1 aliphatic heterocycles. The lowest BCUT2D eigenvalue weighted by molar-refractivity contribution is -0.126. The standard InChI is InChI=1S/C28H36N4O/c1-20-8-7-10-22(18-20)19-32-26-13-6-5-12-25(26)30-28(32)31-16-14-23(15-17-31)27(33)29-24-11-4-3-9-21(24)2/h5-8,10,12-13,18,21,23-24H,3-4,9,11,14-17,19H2,1-2H3,(H,29,33)/t21-,24-/m0/s1. The molecule has 1 N–H and O–H groups in total. The van der Waals surface area contributed by atoms with E-state index in [0.717, 1.165) is 50.4 Å². The average molecular weight is 445 g/mol. The molecule has 1 aromatic heterocycles. The van der Waals surface area contributed by atoms with E-state index in [2.05, 4.69) is 77.2 Å². The van der Waals surface area contributed by atoms with Crippen molar-refractivity contribution in [2.45, 2.75) is 65.0 Å². The first kappa shape index (κ1) is 22.0. The average Bonchev–Trinajstić information content (AvgIpc) is 3.19. The third kappa shape index (κ3) is 4.78. The van der Waals surface area contributed by atoms with E-state index in [1.165, 1.54) is 35.9 Å². The number of benzene rings is 2. The fourth-order valence-electron chi connectivity index (χ4n) is 5.63. The summed E-state index contributed by atoms with van der Waals surface area (Å²) in [6, 6.07) is 17.5. The van der Waals surface area contributed by atoms with Crippen molar-refractivity contribution in [1.82, 2.24) is 14.9 Å². The Hall–Kier alpha value is -2.82. The van der Waals surface area contributed by atoms with Gasteiger partial charge in [-0.1, -0.05) is 61.7 Å². The molecule has 5 nitrogen and oxygen atoms in total. The Labute approximate surface area is 197 Å². The molecule has 174 valence electrons. The van der Waals surface area contributed by atoms with E-state index in [4.69, 9.17) is 4.98 Å². The van der Waals surface area contributed by atoms with Crippen molar-refractivity contribution in [3.05, 3.63) is 59.7 Å². The van der Waals surface area contributed by atoms with Crippen LogP contribution in [0.5, 0.6) is 0 Å². The summed E-state index contributed by atoms with van der Waals surface area (Å²) >= 11 is 0. The van der Waals surface area contributed by atoms with Crippen molar-refractivity contribution in [3.63, 3.8) is 0 Å². The molecule has 2 fully saturated rings. The van der Waals surface area contributed by atoms with Gasteiger partial charge in [0.15, 0.2) is 0 Å². The number of amides is 1. The van der Waals surface area contributed by atoms with Crippen molar-refractivity contribution in [2.75, 3.05) is 18.0 Å². The van der Waals surface area contributed by atoms with Gasteiger partial charge in [-0.2, -0.15) is 0 Å². The van der Waals surface area contributed by atoms with Crippen LogP contribution in [0.1, 0.15) is 56.6 Å². The second kappa shape index (κ2) is 9.58. The Morgan fingerprint density at radius 2 is 1.82 bits per heavy atom. The molecule has 33 heavy (non-hydrogen) atoms. The molecule has 0 unspecified atom stereocenters. The van der Waals surface area contributed by atoms with Crippen LogP contribution in [0.4, 0.5) is 5.95 Å². The molecule has 1 amide bonds. The van der Waals surface area contributed by atoms with Crippen molar-refractivity contribution in [1.29, 1.82) is 0 Å². The molecule has 0 bridgehead atoms. The predicted molar refractivity (Wildman–Crippen MR) is 135 cm³/mol. The summed E-state index contributed by atoms with van der Waals surface area (Å²) in [5.41, 5.74) is 4.76. The van der Waals surface area contributed by atoms with E-state index in [0.29, 0.717) is 12.0 Å². The van der Waals surface area contributed by atoms with Crippen LogP contribution < -0.4 is 10.2 Å². The first-order valence-corrected chi connectivity index (χ1v) is 12.6. The number of carbonyl (C=O) groups excluding carboxylic acids is 1. The van der Waals surface area contributed by atoms with E-state index in [-0.39, 0.29) is 11.8 Å². The van der Waals surface area contributed by atoms with Gasteiger partial charge < -0.3 is 14.8 Å². The molecule has 1 saturated heterocycles. The zero-order valence-electron chi connectivity index (χ0n) is 20.0. The predicted octanol–water partition coefficient (Wildman–Crippen LogP) is 5.30. The number of hydrogen-bond donors (Lipinski definition) is 1. The molecule has 2 heterocycles. The van der Waals surface area contributed by atoms with Crippen LogP contribution >= 0.6 is 0 Å². The summed E-state index contributed by atoms with van der Waals surface area (Å²) in [7, 11) is 0. The zero-order valence-corrected chi connectivity index (χ0v) is 20.0. The summed E-state index contributed by atoms with van der Waals surface area (Å²) in [5.74, 6) is 2.01. The highest BCUT2D eigenvalue weighted by molar-refractivity contribution is 5.80. The number of hydrogen-bond acceptors (Lipinski definition) is 3. The van der Waals surface area contributed by atoms with Crippen molar-refractivity contribution >= 4 is 22.9 Å². The third-order valence-corrected chi connectivity index (χ3v) is 7.65. The van der Waals surface area contributed by atoms with E-state index in [1.54, 1.807) is 0 Å². The maximum absolute atomic E-state index is 13.0. The monoisotopic (exact) mass is 444 g/mol. The molecule has 2 aromatic carbocycles. The van der Waals surface area contributed by atoms with Gasteiger partial charge in [0.05, 0.1) is 17.6 Å². The van der Waals surface area contributed by atoms with E-state index in [9.17, 15) is 4.79 Å². The summed E-state index contributed by atoms with van der Waals surface area (Å²) < 4.78 is 2.34. The molecular weight excluding hydrogens is 408 g/mol. The van der Waals surface area contributed by atoms with E-state index in [1.807, 2.05) is 0 Å². The second-order valence-electron chi connectivity index (χ2n) is 10.1. The number of piperidine rings is 1. The van der Waals surface area contributed by atoms with Crippen LogP contribution in [0.25, 0.3) is 11.0 Å². The van der Waals surface area contributed by atoms with Gasteiger partial charge in [0.2, 0.25) is 11.9 Å². The molecule has 2 atom stereocenters. The summed E-state index contributed by atoms with van der Waals surface area (Å²) in [5, 5.41) is 3.39. The largest absolute Gasteiger partial charge is 0.353 e. The SMILES string of the molecule is Cc1cccc(Cn2c(N3CCC(C(=O)N[C@H]4CCCC[C@@H]4C)CC3)nc3ccccc32)c1. The first-order valence-electron chi connectivity index (χ1n) is 12.6. The van der Waals surface area contributed by atoms with Crippen LogP contribution in [0.15, 0.2) is 48.5 Å². The van der Waals surface area contributed by atoms with Crippen LogP contribution in [0.2, 0.25) is 0 Å². The highest BCUT2D eigenvalue weighted by Gasteiger charge is 2.30. The van der Waals surface area contributed by atoms with E-state index < -0.39 is 0 Å². The minimum Gasteiger partial charge on any atom is -0.353 e. The summed E-state index contributed by atoms with van der Waals surface area (Å²) in [6.45, 7) is 6.97. The maximum Gasteiger partial charge on any atom is 0.223 e. The smallest absolute Gasteiger partial charge is 0.223 e. The van der Waals surface area contributed by atoms with Gasteiger partial charge in [0.25, 0.3) is 0 Å². The first-order chi connectivity index (χ1) is 16.1. The minimum absolute atomic E-state index is 0.116. The van der Waals surface area contributed by atoms with Gasteiger partial charge in [-0.25, -0.2) is 4.98 Å². The van der Waals surface area contributed by atoms with Gasteiger partial charge in [0.1, 0.15) is 0 Å². The summed E-state index contributed by atoms with van der Waals surface area (Å²) in [6.07, 6.45) is 6.69. The lowest BCUT2D eigenvalue weighted by Crippen LogP contribution is -2.47. The van der Waals surface area contributed by atoms with E-state index >= 15 is 0 Å². The molecule has 2 aliphatic rings. The Morgan fingerprint density at radius 3 is 2.61 bits per heavy atom. The molecule has 0 radical (unpaired) electrons. The fraction of sp³-hybridized carbons (Fsp3) is 0.500. The van der Waals surface area contributed by atoms with Crippen molar-refractivity contribution in [3.8, 4) is 0 Å². The van der Waals surface area contributed by atoms with Crippen LogP contribution in [-0.2, 0) is 11.3 Å². The van der Waals surface area contributed by atoms with Gasteiger partial charge in [-0.3, -0.25) is 4.79 Å². The number of aromatic nitrogens is 2. The van der Waals surface area contributed by atoms with Crippen molar-refractivity contribution < 1.29 is 4.79 Å². The van der Waals surface area contributed by atoms with Crippen LogP contribution in [0.3, 0.4) is 0 Å². The highest BCUT2D eigenvalue weighted by atomic mass is 16.2. The number of nitrogens with one attached hydrogen (secondary N) is 1. The number of rotatable bonds is 5. The number of carbonyl (C=O) groups is 1. The maximum atomic E-state index is 13.0. The summed E-state index contributed by atoms with van der Waals surface area (Å²) in [4.78, 5) is 20.4. The normalized spacial score (nSPS) is 21.9. The van der Waals surface area contributed by atoms with Crippen molar-refractivity contribution in [2.24, 2.45) is 11.8 Å². The number of anilines is 1. The van der Waals surface area contributed by atoms with Gasteiger partial charge >= 0.3 is 0 Å². The molecule has 5 rings (SSSR count). The molecule has 1 aliphatic carbocycles. The molecule has 1 saturated carbocycles. The number of aryl methyl sites for hydroxylation is 1. The van der Waals surface area contributed by atoms with Crippen LogP contribution in [-0.4, -0.2) is 34.6 Å². The quantitative estimate of drug-likeness (QED) is 0.581. The second-order valence-corrected chi connectivity index (χ2v) is 10.1. The minimum atomic E-state index is 0.116. The third-order valence-electron chi connectivity index (χ3n) is 7.65. The molecular formula is C28H36N4O. The molecule has 3 aromatic rings. The van der Waals surface area contributed by atoms with Crippen LogP contribution in [0, 0.1) is 18.8 Å². The number of imidazole rings is 1. The lowest BCUT2D eigenvalue weighted by Gasteiger charge is -2.35. The van der Waals surface area contributed by atoms with Gasteiger partial charge in [0, 0.05) is 25.0 Å². The fourth-order valence-corrected chi connectivity index (χ4v) is 5.63. The Bertz CT molecular complexity index is 1110. The molecule has 5 heteroatoms. The number of nitrogens with zero attached hydrogens (tertiary/aromatic N) is 3. The highest BCUT2D eigenvalue weighted by Crippen LogP contribution is 2.29. The Balaban J connectivity index is 1.30. The van der Waals surface area contributed by atoms with Gasteiger partial charge in [-0.05, 0) is 56.2 Å². The number of para-hydroxylation sites is 2.